The van der Waals surface area contributed by atoms with Crippen LogP contribution in [-0.4, -0.2) is 56.7 Å². The van der Waals surface area contributed by atoms with Crippen LogP contribution in [0.5, 0.6) is 0 Å². The summed E-state index contributed by atoms with van der Waals surface area (Å²) in [5.74, 6) is -1.38. The van der Waals surface area contributed by atoms with E-state index in [0.717, 1.165) is 57.7 Å². The molecule has 1 aliphatic carbocycles. The second-order valence-electron chi connectivity index (χ2n) is 9.22. The van der Waals surface area contributed by atoms with Gasteiger partial charge in [-0.05, 0) is 24.3 Å². The first-order valence-corrected chi connectivity index (χ1v) is 12.5. The van der Waals surface area contributed by atoms with E-state index < -0.39 is 12.1 Å². The van der Waals surface area contributed by atoms with Crippen LogP contribution in [0.3, 0.4) is 0 Å². The molecular formula is C23H27F3N4O4S. The van der Waals surface area contributed by atoms with Gasteiger partial charge >= 0.3 is 12.1 Å². The molecule has 0 radical (unpaired) electrons. The van der Waals surface area contributed by atoms with E-state index in [1.54, 1.807) is 17.5 Å². The smallest absolute Gasteiger partial charge is 0.475 e. The maximum Gasteiger partial charge on any atom is 0.490 e. The van der Waals surface area contributed by atoms with Gasteiger partial charge in [-0.2, -0.15) is 18.2 Å². The lowest BCUT2D eigenvalue weighted by molar-refractivity contribution is -0.192. The zero-order valence-electron chi connectivity index (χ0n) is 19.0. The van der Waals surface area contributed by atoms with E-state index in [9.17, 15) is 22.8 Å². The summed E-state index contributed by atoms with van der Waals surface area (Å²) in [6, 6.07) is 4.46. The Hall–Kier alpha value is -2.73. The van der Waals surface area contributed by atoms with E-state index >= 15 is 0 Å². The van der Waals surface area contributed by atoms with E-state index in [4.69, 9.17) is 9.90 Å². The zero-order chi connectivity index (χ0) is 25.2. The molecule has 1 amide bonds. The van der Waals surface area contributed by atoms with Crippen LogP contribution in [0.2, 0.25) is 0 Å². The minimum absolute atomic E-state index is 0.198. The third kappa shape index (κ3) is 6.10. The molecule has 2 atom stereocenters. The van der Waals surface area contributed by atoms with Gasteiger partial charge in [0.2, 0.25) is 0 Å². The molecular weight excluding hydrogens is 485 g/mol. The number of nitrogens with zero attached hydrogens (tertiary/aromatic N) is 3. The van der Waals surface area contributed by atoms with Crippen LogP contribution in [-0.2, 0) is 17.9 Å². The number of aliphatic carboxylic acids is 1. The molecule has 35 heavy (non-hydrogen) atoms. The van der Waals surface area contributed by atoms with E-state index in [1.165, 1.54) is 11.3 Å². The van der Waals surface area contributed by atoms with Crippen LogP contribution in [0.15, 0.2) is 28.5 Å². The lowest BCUT2D eigenvalue weighted by atomic mass is 9.95. The Morgan fingerprint density at radius 2 is 1.89 bits per heavy atom. The SMILES string of the molecule is O=C(NC1CCCCC1)c1cn2c(nc1=O)C1CN(Cc3cccs3)CC1C2.O=C(O)C(F)(F)F. The summed E-state index contributed by atoms with van der Waals surface area (Å²) in [6.45, 7) is 3.76. The maximum absolute atomic E-state index is 12.6. The first-order chi connectivity index (χ1) is 16.6. The fourth-order valence-electron chi connectivity index (χ4n) is 5.06. The highest BCUT2D eigenvalue weighted by Gasteiger charge is 2.41. The van der Waals surface area contributed by atoms with Crippen molar-refractivity contribution in [3.05, 3.63) is 50.3 Å². The molecule has 2 aliphatic heterocycles. The standard InChI is InChI=1S/C21H26N4O2S.C2HF3O2/c26-20(22-15-5-2-1-3-6-15)18-13-25-10-14-9-24(11-16-7-4-8-28-16)12-17(14)19(25)23-21(18)27;3-2(4,5)1(6)7/h4,7-8,13-15,17H,1-3,5-6,9-12H2,(H,22,26);(H,6,7). The van der Waals surface area contributed by atoms with Crippen LogP contribution in [0.1, 0.15) is 59.1 Å². The zero-order valence-corrected chi connectivity index (χ0v) is 19.8. The van der Waals surface area contributed by atoms with Gasteiger partial charge in [0.1, 0.15) is 11.4 Å². The molecule has 12 heteroatoms. The van der Waals surface area contributed by atoms with Crippen molar-refractivity contribution in [2.45, 2.75) is 63.3 Å². The van der Waals surface area contributed by atoms with Crippen molar-refractivity contribution < 1.29 is 27.9 Å². The summed E-state index contributed by atoms with van der Waals surface area (Å²) >= 11 is 1.79. The Morgan fingerprint density at radius 3 is 2.51 bits per heavy atom. The minimum Gasteiger partial charge on any atom is -0.475 e. The van der Waals surface area contributed by atoms with Gasteiger partial charge < -0.3 is 15.0 Å². The van der Waals surface area contributed by atoms with Crippen LogP contribution in [0.4, 0.5) is 13.2 Å². The number of carbonyl (C=O) groups is 2. The molecule has 5 rings (SSSR count). The number of halogens is 3. The number of carbonyl (C=O) groups excluding carboxylic acids is 1. The fourth-order valence-corrected chi connectivity index (χ4v) is 5.80. The van der Waals surface area contributed by atoms with Gasteiger partial charge in [-0.15, -0.1) is 11.3 Å². The molecule has 2 aromatic heterocycles. The van der Waals surface area contributed by atoms with Crippen molar-refractivity contribution in [2.75, 3.05) is 13.1 Å². The predicted octanol–water partition coefficient (Wildman–Crippen LogP) is 3.23. The molecule has 2 aromatic rings. The Balaban J connectivity index is 0.000000364. The third-order valence-electron chi connectivity index (χ3n) is 6.69. The minimum atomic E-state index is -5.08. The number of aromatic nitrogens is 2. The second-order valence-corrected chi connectivity index (χ2v) is 10.3. The number of likely N-dealkylation sites (tertiary alicyclic amines) is 1. The molecule has 2 N–H and O–H groups in total. The number of hydrogen-bond donors (Lipinski definition) is 2. The van der Waals surface area contributed by atoms with Crippen molar-refractivity contribution in [1.29, 1.82) is 0 Å². The fraction of sp³-hybridized carbons (Fsp3) is 0.565. The number of hydrogen-bond acceptors (Lipinski definition) is 6. The summed E-state index contributed by atoms with van der Waals surface area (Å²) in [5.41, 5.74) is -0.179. The highest BCUT2D eigenvalue weighted by atomic mass is 32.1. The Morgan fingerprint density at radius 1 is 1.17 bits per heavy atom. The van der Waals surface area contributed by atoms with Crippen molar-refractivity contribution in [2.24, 2.45) is 5.92 Å². The molecule has 190 valence electrons. The van der Waals surface area contributed by atoms with Crippen molar-refractivity contribution in [3.63, 3.8) is 0 Å². The van der Waals surface area contributed by atoms with E-state index in [-0.39, 0.29) is 23.1 Å². The van der Waals surface area contributed by atoms with Crippen molar-refractivity contribution >= 4 is 23.2 Å². The first kappa shape index (κ1) is 25.4. The van der Waals surface area contributed by atoms with Gasteiger partial charge in [0.05, 0.1) is 0 Å². The lowest BCUT2D eigenvalue weighted by Crippen LogP contribution is -2.39. The number of thiophene rings is 1. The number of rotatable bonds is 4. The number of carboxylic acid groups (broad SMARTS) is 1. The van der Waals surface area contributed by atoms with Gasteiger partial charge in [-0.1, -0.05) is 25.3 Å². The molecule has 1 saturated carbocycles. The molecule has 8 nitrogen and oxygen atoms in total. The van der Waals surface area contributed by atoms with Gasteiger partial charge in [-0.25, -0.2) is 4.79 Å². The number of amides is 1. The third-order valence-corrected chi connectivity index (χ3v) is 7.55. The Labute approximate surface area is 203 Å². The summed E-state index contributed by atoms with van der Waals surface area (Å²) in [4.78, 5) is 42.3. The Kier molecular flexibility index (Phi) is 7.60. The van der Waals surface area contributed by atoms with Crippen LogP contribution < -0.4 is 10.9 Å². The van der Waals surface area contributed by atoms with E-state index in [0.29, 0.717) is 11.8 Å². The molecule has 1 saturated heterocycles. The van der Waals surface area contributed by atoms with Gasteiger partial charge in [0, 0.05) is 55.1 Å². The quantitative estimate of drug-likeness (QED) is 0.652. The van der Waals surface area contributed by atoms with Crippen LogP contribution in [0, 0.1) is 5.92 Å². The molecule has 0 bridgehead atoms. The lowest BCUT2D eigenvalue weighted by Gasteiger charge is -2.22. The van der Waals surface area contributed by atoms with Gasteiger partial charge in [0.15, 0.2) is 0 Å². The summed E-state index contributed by atoms with van der Waals surface area (Å²) in [6.07, 6.45) is 2.23. The topological polar surface area (TPSA) is 105 Å². The molecule has 4 heterocycles. The Bertz CT molecular complexity index is 1110. The van der Waals surface area contributed by atoms with Crippen LogP contribution in [0.25, 0.3) is 0 Å². The van der Waals surface area contributed by atoms with Crippen LogP contribution >= 0.6 is 11.3 Å². The largest absolute Gasteiger partial charge is 0.490 e. The normalized spacial score (nSPS) is 22.1. The monoisotopic (exact) mass is 512 g/mol. The number of carboxylic acids is 1. The second kappa shape index (κ2) is 10.5. The summed E-state index contributed by atoms with van der Waals surface area (Å²) in [5, 5.41) is 12.3. The van der Waals surface area contributed by atoms with Crippen molar-refractivity contribution in [3.8, 4) is 0 Å². The average Bonchev–Trinajstić information content (AvgIpc) is 3.51. The number of nitrogens with one attached hydrogen (secondary N) is 1. The first-order valence-electron chi connectivity index (χ1n) is 11.6. The van der Waals surface area contributed by atoms with Crippen molar-refractivity contribution in [1.82, 2.24) is 19.8 Å². The highest BCUT2D eigenvalue weighted by molar-refractivity contribution is 7.09. The van der Waals surface area contributed by atoms with Gasteiger partial charge in [-0.3, -0.25) is 14.5 Å². The molecule has 0 aromatic carbocycles. The predicted molar refractivity (Wildman–Crippen MR) is 122 cm³/mol. The summed E-state index contributed by atoms with van der Waals surface area (Å²) < 4.78 is 33.8. The summed E-state index contributed by atoms with van der Waals surface area (Å²) in [7, 11) is 0. The van der Waals surface area contributed by atoms with E-state index in [1.807, 2.05) is 0 Å². The molecule has 3 aliphatic rings. The maximum atomic E-state index is 12.6. The number of fused-ring (bicyclic) bond motifs is 3. The van der Waals surface area contributed by atoms with Gasteiger partial charge in [0.25, 0.3) is 11.5 Å². The number of alkyl halides is 3. The molecule has 0 spiro atoms. The average molecular weight is 513 g/mol. The molecule has 2 fully saturated rings. The van der Waals surface area contributed by atoms with E-state index in [2.05, 4.69) is 37.3 Å². The highest BCUT2D eigenvalue weighted by Crippen LogP contribution is 2.38. The molecule has 2 unspecified atom stereocenters.